The molecule has 2 aromatic carbocycles. The van der Waals surface area contributed by atoms with E-state index in [-0.39, 0.29) is 17.8 Å². The molecule has 0 aromatic heterocycles. The summed E-state index contributed by atoms with van der Waals surface area (Å²) in [4.78, 5) is 29.0. The van der Waals surface area contributed by atoms with Crippen LogP contribution < -0.4 is 5.32 Å². The van der Waals surface area contributed by atoms with Crippen LogP contribution >= 0.6 is 7.60 Å². The molecule has 122 valence electrons. The number of halogens is 1. The van der Waals surface area contributed by atoms with Crippen molar-refractivity contribution in [2.24, 2.45) is 0 Å². The molecule has 0 fully saturated rings. The summed E-state index contributed by atoms with van der Waals surface area (Å²) in [6, 6.07) is 10.4. The molecule has 0 saturated carbocycles. The van der Waals surface area contributed by atoms with Crippen molar-refractivity contribution < 1.29 is 23.7 Å². The number of benzene rings is 2. The smallest absolute Gasteiger partial charge is 0.323 e. The van der Waals surface area contributed by atoms with Gasteiger partial charge >= 0.3 is 7.60 Å². The maximum absolute atomic E-state index is 12.8. The van der Waals surface area contributed by atoms with Crippen LogP contribution in [0.15, 0.2) is 48.5 Å². The van der Waals surface area contributed by atoms with Crippen molar-refractivity contribution in [2.45, 2.75) is 12.3 Å². The Morgan fingerprint density at radius 2 is 1.70 bits per heavy atom. The lowest BCUT2D eigenvalue weighted by Gasteiger charge is -2.20. The predicted octanol–water partition coefficient (Wildman–Crippen LogP) is 2.70. The van der Waals surface area contributed by atoms with Crippen LogP contribution in [0.2, 0.25) is 0 Å². The van der Waals surface area contributed by atoms with Gasteiger partial charge in [0, 0.05) is 18.7 Å². The molecular formula is C14H14FN2O5P. The number of nitro benzene ring substituents is 1. The third-order valence-corrected chi connectivity index (χ3v) is 4.32. The van der Waals surface area contributed by atoms with E-state index in [1.54, 1.807) is 0 Å². The van der Waals surface area contributed by atoms with Gasteiger partial charge in [-0.15, -0.1) is 0 Å². The molecule has 0 amide bonds. The molecule has 0 aliphatic heterocycles. The molecule has 0 bridgehead atoms. The Bertz CT molecular complexity index is 730. The van der Waals surface area contributed by atoms with E-state index in [4.69, 9.17) is 0 Å². The molecule has 0 spiro atoms. The van der Waals surface area contributed by atoms with Crippen LogP contribution in [-0.2, 0) is 11.1 Å². The molecule has 0 aliphatic carbocycles. The van der Waals surface area contributed by atoms with Crippen LogP contribution in [-0.4, -0.2) is 14.7 Å². The second kappa shape index (κ2) is 6.97. The predicted molar refractivity (Wildman–Crippen MR) is 81.1 cm³/mol. The fourth-order valence-corrected chi connectivity index (χ4v) is 2.92. The van der Waals surface area contributed by atoms with E-state index in [1.807, 2.05) is 0 Å². The number of rotatable bonds is 6. The average Bonchev–Trinajstić information content (AvgIpc) is 2.48. The van der Waals surface area contributed by atoms with Gasteiger partial charge in [-0.2, -0.15) is 0 Å². The third kappa shape index (κ3) is 4.67. The highest BCUT2D eigenvalue weighted by Crippen LogP contribution is 2.50. The number of nitro groups is 1. The van der Waals surface area contributed by atoms with Crippen LogP contribution in [0.25, 0.3) is 0 Å². The molecule has 2 aromatic rings. The Kier molecular flexibility index (Phi) is 5.23. The van der Waals surface area contributed by atoms with Crippen molar-refractivity contribution in [1.29, 1.82) is 0 Å². The number of nitrogens with zero attached hydrogens (tertiary/aromatic N) is 1. The fraction of sp³-hybridized carbons (Fsp3) is 0.143. The van der Waals surface area contributed by atoms with Gasteiger partial charge in [-0.25, -0.2) is 4.39 Å². The summed E-state index contributed by atoms with van der Waals surface area (Å²) in [5, 5.41) is 13.3. The van der Waals surface area contributed by atoms with Crippen LogP contribution in [0.1, 0.15) is 16.9 Å². The lowest BCUT2D eigenvalue weighted by Crippen LogP contribution is -2.21. The van der Waals surface area contributed by atoms with E-state index in [9.17, 15) is 28.9 Å². The summed E-state index contributed by atoms with van der Waals surface area (Å²) >= 11 is 0. The Hall–Kier alpha value is -2.12. The maximum Gasteiger partial charge on any atom is 0.346 e. The number of non-ortho nitro benzene ring substituents is 1. The largest absolute Gasteiger partial charge is 0.346 e. The zero-order valence-corrected chi connectivity index (χ0v) is 12.7. The topological polar surface area (TPSA) is 113 Å². The molecule has 3 N–H and O–H groups in total. The summed E-state index contributed by atoms with van der Waals surface area (Å²) in [6.45, 7) is 0.104. The number of nitrogens with one attached hydrogen (secondary N) is 1. The zero-order valence-electron chi connectivity index (χ0n) is 11.8. The highest BCUT2D eigenvalue weighted by atomic mass is 31.2. The van der Waals surface area contributed by atoms with Gasteiger partial charge < -0.3 is 9.79 Å². The van der Waals surface area contributed by atoms with Crippen LogP contribution in [0.5, 0.6) is 0 Å². The lowest BCUT2D eigenvalue weighted by atomic mass is 10.2. The van der Waals surface area contributed by atoms with Gasteiger partial charge in [-0.1, -0.05) is 12.1 Å². The molecule has 2 rings (SSSR count). The minimum atomic E-state index is -4.54. The normalized spacial score (nSPS) is 12.8. The van der Waals surface area contributed by atoms with Crippen LogP contribution in [0, 0.1) is 15.9 Å². The quantitative estimate of drug-likeness (QED) is 0.423. The summed E-state index contributed by atoms with van der Waals surface area (Å²) in [5.74, 6) is -1.72. The van der Waals surface area contributed by atoms with E-state index < -0.39 is 24.1 Å². The SMILES string of the molecule is O=[N+]([O-])c1ccc([C@@H](NCc2ccc(F)cc2)P(=O)(O)O)cc1. The minimum Gasteiger partial charge on any atom is -0.323 e. The van der Waals surface area contributed by atoms with E-state index in [1.165, 1.54) is 48.5 Å². The summed E-state index contributed by atoms with van der Waals surface area (Å²) in [7, 11) is -4.54. The van der Waals surface area contributed by atoms with Gasteiger partial charge in [-0.05, 0) is 35.4 Å². The third-order valence-electron chi connectivity index (χ3n) is 3.17. The summed E-state index contributed by atoms with van der Waals surface area (Å²) in [5.41, 5.74) is 0.703. The van der Waals surface area contributed by atoms with Crippen molar-refractivity contribution in [3.05, 3.63) is 75.6 Å². The first-order valence-electron chi connectivity index (χ1n) is 6.55. The highest BCUT2D eigenvalue weighted by Gasteiger charge is 2.30. The van der Waals surface area contributed by atoms with Gasteiger partial charge in [0.1, 0.15) is 11.6 Å². The second-order valence-corrected chi connectivity index (χ2v) is 6.54. The van der Waals surface area contributed by atoms with Gasteiger partial charge in [-0.3, -0.25) is 20.0 Å². The average molecular weight is 340 g/mol. The first kappa shape index (κ1) is 17.2. The van der Waals surface area contributed by atoms with E-state index in [0.717, 1.165) is 0 Å². The molecule has 1 atom stereocenters. The Morgan fingerprint density at radius 3 is 2.17 bits per heavy atom. The van der Waals surface area contributed by atoms with Gasteiger partial charge in [0.05, 0.1) is 4.92 Å². The molecule has 23 heavy (non-hydrogen) atoms. The van der Waals surface area contributed by atoms with Crippen molar-refractivity contribution in [1.82, 2.24) is 5.32 Å². The second-order valence-electron chi connectivity index (χ2n) is 4.85. The van der Waals surface area contributed by atoms with Gasteiger partial charge in [0.15, 0.2) is 0 Å². The molecule has 0 radical (unpaired) electrons. The van der Waals surface area contributed by atoms with E-state index in [0.29, 0.717) is 5.56 Å². The summed E-state index contributed by atoms with van der Waals surface area (Å²) < 4.78 is 24.5. The minimum absolute atomic E-state index is 0.104. The molecule has 0 saturated heterocycles. The number of hydrogen-bond donors (Lipinski definition) is 3. The monoisotopic (exact) mass is 340 g/mol. The molecule has 7 nitrogen and oxygen atoms in total. The van der Waals surface area contributed by atoms with Crippen molar-refractivity contribution in [2.75, 3.05) is 0 Å². The Balaban J connectivity index is 2.18. The number of hydrogen-bond acceptors (Lipinski definition) is 4. The van der Waals surface area contributed by atoms with Crippen molar-refractivity contribution in [3.8, 4) is 0 Å². The van der Waals surface area contributed by atoms with Crippen molar-refractivity contribution >= 4 is 13.3 Å². The summed E-state index contributed by atoms with van der Waals surface area (Å²) in [6.07, 6.45) is 0. The van der Waals surface area contributed by atoms with Gasteiger partial charge in [0.2, 0.25) is 0 Å². The molecule has 9 heteroatoms. The first-order valence-corrected chi connectivity index (χ1v) is 8.23. The highest BCUT2D eigenvalue weighted by molar-refractivity contribution is 7.52. The maximum atomic E-state index is 12.8. The molecular weight excluding hydrogens is 326 g/mol. The van der Waals surface area contributed by atoms with Crippen molar-refractivity contribution in [3.63, 3.8) is 0 Å². The molecule has 0 unspecified atom stereocenters. The van der Waals surface area contributed by atoms with E-state index >= 15 is 0 Å². The van der Waals surface area contributed by atoms with Gasteiger partial charge in [0.25, 0.3) is 5.69 Å². The van der Waals surface area contributed by atoms with Crippen LogP contribution in [0.3, 0.4) is 0 Å². The fourth-order valence-electron chi connectivity index (χ4n) is 2.03. The first-order chi connectivity index (χ1) is 10.8. The van der Waals surface area contributed by atoms with Crippen LogP contribution in [0.4, 0.5) is 10.1 Å². The lowest BCUT2D eigenvalue weighted by molar-refractivity contribution is -0.384. The Morgan fingerprint density at radius 1 is 1.13 bits per heavy atom. The Labute approximate surface area is 131 Å². The standard InChI is InChI=1S/C14H14FN2O5P/c15-12-5-1-10(2-6-12)9-16-14(23(20,21)22)11-3-7-13(8-4-11)17(18)19/h1-8,14,16H,9H2,(H2,20,21,22)/t14-/m0/s1. The molecule has 0 aliphatic rings. The zero-order chi connectivity index (χ0) is 17.0. The van der Waals surface area contributed by atoms with E-state index in [2.05, 4.69) is 5.32 Å². The molecule has 0 heterocycles.